The van der Waals surface area contributed by atoms with Gasteiger partial charge in [-0.3, -0.25) is 4.90 Å². The number of rotatable bonds is 5. The van der Waals surface area contributed by atoms with Crippen LogP contribution in [0.15, 0.2) is 24.3 Å². The second-order valence-electron chi connectivity index (χ2n) is 5.57. The van der Waals surface area contributed by atoms with Crippen LogP contribution in [0.5, 0.6) is 0 Å². The van der Waals surface area contributed by atoms with Crippen molar-refractivity contribution in [2.24, 2.45) is 0 Å². The molecule has 1 heterocycles. The molecule has 0 aromatic heterocycles. The third-order valence-corrected chi connectivity index (χ3v) is 5.50. The minimum Gasteiger partial charge on any atom is -0.465 e. The Labute approximate surface area is 143 Å². The van der Waals surface area contributed by atoms with Gasteiger partial charge in [0, 0.05) is 5.02 Å². The zero-order valence-corrected chi connectivity index (χ0v) is 14.3. The maximum absolute atomic E-state index is 14.3. The van der Waals surface area contributed by atoms with E-state index in [9.17, 15) is 27.1 Å². The van der Waals surface area contributed by atoms with Crippen LogP contribution in [0.25, 0.3) is 0 Å². The number of halogens is 3. The molecule has 1 amide bonds. The van der Waals surface area contributed by atoms with Crippen molar-refractivity contribution in [1.29, 1.82) is 0 Å². The number of amides is 1. The van der Waals surface area contributed by atoms with E-state index < -0.39 is 40.7 Å². The lowest BCUT2D eigenvalue weighted by Gasteiger charge is -2.26. The average molecular weight is 383 g/mol. The van der Waals surface area contributed by atoms with Crippen molar-refractivity contribution < 1.29 is 27.1 Å². The summed E-state index contributed by atoms with van der Waals surface area (Å²) in [4.78, 5) is 11.9. The van der Waals surface area contributed by atoms with E-state index in [0.29, 0.717) is 15.5 Å². The normalized spacial score (nSPS) is 23.4. The van der Waals surface area contributed by atoms with Crippen LogP contribution in [0.4, 0.5) is 13.6 Å². The first-order valence-electron chi connectivity index (χ1n) is 7.17. The van der Waals surface area contributed by atoms with Gasteiger partial charge in [-0.2, -0.15) is 0 Å². The molecule has 0 spiro atoms. The summed E-state index contributed by atoms with van der Waals surface area (Å²) in [5.41, 5.74) is 0.539. The Morgan fingerprint density at radius 1 is 1.50 bits per heavy atom. The summed E-state index contributed by atoms with van der Waals surface area (Å²) in [6.45, 7) is 0.251. The topological polar surface area (TPSA) is 86.7 Å². The molecule has 0 unspecified atom stereocenters. The highest BCUT2D eigenvalue weighted by molar-refractivity contribution is 7.89. The van der Waals surface area contributed by atoms with Crippen LogP contribution in [-0.4, -0.2) is 54.8 Å². The van der Waals surface area contributed by atoms with Crippen LogP contribution in [-0.2, 0) is 16.4 Å². The molecule has 1 aromatic rings. The number of sulfonamides is 1. The molecule has 1 saturated heterocycles. The van der Waals surface area contributed by atoms with Gasteiger partial charge in [0.2, 0.25) is 10.0 Å². The molecule has 0 aliphatic carbocycles. The largest absolute Gasteiger partial charge is 0.465 e. The predicted octanol–water partition coefficient (Wildman–Crippen LogP) is 2.19. The Morgan fingerprint density at radius 3 is 2.71 bits per heavy atom. The number of benzene rings is 1. The SMILES string of the molecule is CCS(=O)(=O)N[C@@H]1[C@H](Cc2cccc(Cl)c2)N(C(=O)O)CC1(F)F. The summed E-state index contributed by atoms with van der Waals surface area (Å²) in [5.74, 6) is -3.89. The van der Waals surface area contributed by atoms with Crippen molar-refractivity contribution in [3.8, 4) is 0 Å². The van der Waals surface area contributed by atoms with E-state index in [2.05, 4.69) is 0 Å². The smallest absolute Gasteiger partial charge is 0.407 e. The van der Waals surface area contributed by atoms with E-state index in [1.54, 1.807) is 18.2 Å². The Balaban J connectivity index is 2.37. The number of carboxylic acid groups (broad SMARTS) is 1. The number of hydrogen-bond donors (Lipinski definition) is 2. The van der Waals surface area contributed by atoms with Gasteiger partial charge in [0.05, 0.1) is 18.3 Å². The first-order valence-corrected chi connectivity index (χ1v) is 9.20. The van der Waals surface area contributed by atoms with E-state index in [1.807, 2.05) is 4.72 Å². The number of hydrogen-bond acceptors (Lipinski definition) is 3. The maximum Gasteiger partial charge on any atom is 0.407 e. The summed E-state index contributed by atoms with van der Waals surface area (Å²) in [7, 11) is -3.93. The van der Waals surface area contributed by atoms with Crippen molar-refractivity contribution in [3.05, 3.63) is 34.9 Å². The molecular weight excluding hydrogens is 366 g/mol. The van der Waals surface area contributed by atoms with Gasteiger partial charge in [0.15, 0.2) is 0 Å². The minimum atomic E-state index is -3.93. The first-order chi connectivity index (χ1) is 11.1. The summed E-state index contributed by atoms with van der Waals surface area (Å²) in [6, 6.07) is 3.29. The second kappa shape index (κ2) is 6.81. The van der Waals surface area contributed by atoms with Gasteiger partial charge < -0.3 is 5.11 Å². The van der Waals surface area contributed by atoms with E-state index in [0.717, 1.165) is 0 Å². The van der Waals surface area contributed by atoms with Gasteiger partial charge in [0.1, 0.15) is 6.04 Å². The zero-order chi connectivity index (χ0) is 18.1. The second-order valence-corrected chi connectivity index (χ2v) is 8.05. The first kappa shape index (κ1) is 18.9. The van der Waals surface area contributed by atoms with Crippen molar-refractivity contribution in [2.45, 2.75) is 31.4 Å². The van der Waals surface area contributed by atoms with Crippen LogP contribution in [0.1, 0.15) is 12.5 Å². The monoisotopic (exact) mass is 382 g/mol. The van der Waals surface area contributed by atoms with Crippen molar-refractivity contribution in [2.75, 3.05) is 12.3 Å². The van der Waals surface area contributed by atoms with Gasteiger partial charge >= 0.3 is 6.09 Å². The molecule has 0 radical (unpaired) electrons. The van der Waals surface area contributed by atoms with Gasteiger partial charge in [-0.1, -0.05) is 23.7 Å². The molecule has 1 aromatic carbocycles. The fraction of sp³-hybridized carbons (Fsp3) is 0.500. The van der Waals surface area contributed by atoms with Gasteiger partial charge in [-0.05, 0) is 31.0 Å². The van der Waals surface area contributed by atoms with Crippen molar-refractivity contribution >= 4 is 27.7 Å². The van der Waals surface area contributed by atoms with Crippen LogP contribution >= 0.6 is 11.6 Å². The third-order valence-electron chi connectivity index (χ3n) is 3.89. The molecule has 2 rings (SSSR count). The Hall–Kier alpha value is -1.45. The number of alkyl halides is 2. The molecule has 2 atom stereocenters. The van der Waals surface area contributed by atoms with Crippen molar-refractivity contribution in [1.82, 2.24) is 9.62 Å². The van der Waals surface area contributed by atoms with E-state index in [1.165, 1.54) is 13.0 Å². The highest BCUT2D eigenvalue weighted by Crippen LogP contribution is 2.35. The molecule has 6 nitrogen and oxygen atoms in total. The average Bonchev–Trinajstić information content (AvgIpc) is 2.71. The predicted molar refractivity (Wildman–Crippen MR) is 85.0 cm³/mol. The van der Waals surface area contributed by atoms with Crippen LogP contribution in [0, 0.1) is 0 Å². The summed E-state index contributed by atoms with van der Waals surface area (Å²) in [5, 5.41) is 9.59. The molecule has 24 heavy (non-hydrogen) atoms. The highest BCUT2D eigenvalue weighted by Gasteiger charge is 2.57. The number of likely N-dealkylation sites (tertiary alicyclic amines) is 1. The molecule has 134 valence electrons. The van der Waals surface area contributed by atoms with E-state index in [4.69, 9.17) is 11.6 Å². The maximum atomic E-state index is 14.3. The van der Waals surface area contributed by atoms with Gasteiger partial charge in [-0.15, -0.1) is 0 Å². The summed E-state index contributed by atoms with van der Waals surface area (Å²) >= 11 is 5.86. The zero-order valence-electron chi connectivity index (χ0n) is 12.7. The lowest BCUT2D eigenvalue weighted by molar-refractivity contribution is -0.00562. The molecule has 10 heteroatoms. The molecule has 1 aliphatic heterocycles. The Morgan fingerprint density at radius 2 is 2.17 bits per heavy atom. The number of nitrogens with one attached hydrogen (secondary N) is 1. The molecule has 2 N–H and O–H groups in total. The molecule has 1 fully saturated rings. The van der Waals surface area contributed by atoms with E-state index >= 15 is 0 Å². The molecule has 1 aliphatic rings. The van der Waals surface area contributed by atoms with Crippen LogP contribution < -0.4 is 4.72 Å². The number of carbonyl (C=O) groups is 1. The molecular formula is C14H17ClF2N2O4S. The van der Waals surface area contributed by atoms with Crippen molar-refractivity contribution in [3.63, 3.8) is 0 Å². The van der Waals surface area contributed by atoms with Crippen LogP contribution in [0.2, 0.25) is 5.02 Å². The van der Waals surface area contributed by atoms with E-state index in [-0.39, 0.29) is 12.2 Å². The molecule has 0 saturated carbocycles. The molecule has 0 bridgehead atoms. The highest BCUT2D eigenvalue weighted by atomic mass is 35.5. The fourth-order valence-corrected chi connectivity index (χ4v) is 3.78. The fourth-order valence-electron chi connectivity index (χ4n) is 2.69. The standard InChI is InChI=1S/C14H17ClF2N2O4S/c1-2-24(22,23)18-12-11(7-9-4-3-5-10(15)6-9)19(13(20)21)8-14(12,16)17/h3-6,11-12,18H,2,7-8H2,1H3,(H,20,21)/t11-,12+/m0/s1. The third kappa shape index (κ3) is 4.14. The minimum absolute atomic E-state index is 0.0840. The Kier molecular flexibility index (Phi) is 5.36. The van der Waals surface area contributed by atoms with Gasteiger partial charge in [0.25, 0.3) is 5.92 Å². The van der Waals surface area contributed by atoms with Gasteiger partial charge in [-0.25, -0.2) is 26.7 Å². The lowest BCUT2D eigenvalue weighted by atomic mass is 9.99. The lowest BCUT2D eigenvalue weighted by Crippen LogP contribution is -2.52. The summed E-state index contributed by atoms with van der Waals surface area (Å²) in [6.07, 6.45) is -1.61. The quantitative estimate of drug-likeness (QED) is 0.817. The summed E-state index contributed by atoms with van der Waals surface area (Å²) < 4.78 is 53.9. The van der Waals surface area contributed by atoms with Crippen LogP contribution in [0.3, 0.4) is 0 Å². The number of nitrogens with zero attached hydrogens (tertiary/aromatic N) is 1. The Bertz CT molecular complexity index is 729.